The fourth-order valence-corrected chi connectivity index (χ4v) is 10.3. The molecule has 7 nitrogen and oxygen atoms in total. The van der Waals surface area contributed by atoms with Crippen LogP contribution in [0.5, 0.6) is 0 Å². The third-order valence-electron chi connectivity index (χ3n) is 15.2. The minimum Gasteiger partial charge on any atom is -0.465 e. The van der Waals surface area contributed by atoms with Crippen LogP contribution in [-0.4, -0.2) is 73.1 Å². The molecule has 0 rings (SSSR count). The van der Waals surface area contributed by atoms with Crippen molar-refractivity contribution in [1.82, 2.24) is 9.80 Å². The second-order valence-corrected chi connectivity index (χ2v) is 21.6. The molecule has 2 atom stereocenters. The van der Waals surface area contributed by atoms with Gasteiger partial charge in [-0.1, -0.05) is 235 Å². The van der Waals surface area contributed by atoms with E-state index in [1.165, 1.54) is 186 Å². The first-order valence-electron chi connectivity index (χ1n) is 31.1. The molecule has 0 aromatic carbocycles. The lowest BCUT2D eigenvalue weighted by molar-refractivity contribution is -0.146. The molecular formula is C62H122N2O5. The molecule has 2 unspecified atom stereocenters. The van der Waals surface area contributed by atoms with Crippen LogP contribution >= 0.6 is 0 Å². The van der Waals surface area contributed by atoms with Gasteiger partial charge < -0.3 is 19.3 Å². The van der Waals surface area contributed by atoms with Gasteiger partial charge in [-0.05, 0) is 102 Å². The molecule has 69 heavy (non-hydrogen) atoms. The number of nitrogens with zero attached hydrogens (tertiary/aromatic N) is 2. The molecule has 0 aromatic heterocycles. The predicted molar refractivity (Wildman–Crippen MR) is 299 cm³/mol. The Bertz CT molecular complexity index is 1040. The lowest BCUT2D eigenvalue weighted by Crippen LogP contribution is -2.41. The van der Waals surface area contributed by atoms with Gasteiger partial charge in [-0.15, -0.1) is 0 Å². The highest BCUT2D eigenvalue weighted by Crippen LogP contribution is 2.24. The third-order valence-corrected chi connectivity index (χ3v) is 15.2. The van der Waals surface area contributed by atoms with Crippen LogP contribution < -0.4 is 0 Å². The fourth-order valence-electron chi connectivity index (χ4n) is 10.3. The van der Waals surface area contributed by atoms with Crippen molar-refractivity contribution in [1.29, 1.82) is 0 Å². The van der Waals surface area contributed by atoms with Gasteiger partial charge in [-0.25, -0.2) is 0 Å². The molecule has 0 aliphatic heterocycles. The Hall–Kier alpha value is -1.63. The molecule has 1 amide bonds. The molecule has 0 saturated carbocycles. The second kappa shape index (κ2) is 52.7. The van der Waals surface area contributed by atoms with Gasteiger partial charge in [0.25, 0.3) is 0 Å². The second-order valence-electron chi connectivity index (χ2n) is 21.6. The maximum Gasteiger partial charge on any atom is 0.305 e. The summed E-state index contributed by atoms with van der Waals surface area (Å²) in [4.78, 5) is 44.3. The number of rotatable bonds is 55. The number of carbonyl (C=O) groups excluding carboxylic acids is 3. The Labute approximate surface area is 431 Å². The average Bonchev–Trinajstić information content (AvgIpc) is 3.35. The molecule has 0 bridgehead atoms. The van der Waals surface area contributed by atoms with Crippen molar-refractivity contribution in [3.8, 4) is 0 Å². The van der Waals surface area contributed by atoms with Crippen molar-refractivity contribution in [2.24, 2.45) is 11.8 Å². The zero-order chi connectivity index (χ0) is 50.7. The molecule has 0 aliphatic rings. The van der Waals surface area contributed by atoms with E-state index in [-0.39, 0.29) is 11.9 Å². The molecule has 0 aliphatic carbocycles. The van der Waals surface area contributed by atoms with E-state index < -0.39 is 0 Å². The van der Waals surface area contributed by atoms with Crippen molar-refractivity contribution in [2.75, 3.05) is 39.4 Å². The van der Waals surface area contributed by atoms with Crippen molar-refractivity contribution >= 4 is 17.8 Å². The number of amides is 1. The normalized spacial score (nSPS) is 12.9. The summed E-state index contributed by atoms with van der Waals surface area (Å²) in [6.07, 6.45) is 49.7. The van der Waals surface area contributed by atoms with Crippen molar-refractivity contribution in [3.05, 3.63) is 0 Å². The maximum atomic E-state index is 14.2. The number of esters is 2. The number of carbonyl (C=O) groups is 3. The van der Waals surface area contributed by atoms with E-state index in [1.807, 2.05) is 0 Å². The van der Waals surface area contributed by atoms with Crippen LogP contribution in [0.3, 0.4) is 0 Å². The summed E-state index contributed by atoms with van der Waals surface area (Å²) in [6, 6.07) is 0.329. The van der Waals surface area contributed by atoms with Gasteiger partial charge in [0.1, 0.15) is 0 Å². The lowest BCUT2D eigenvalue weighted by Gasteiger charge is -2.33. The first-order chi connectivity index (χ1) is 33.8. The summed E-state index contributed by atoms with van der Waals surface area (Å²) in [5.74, 6) is 1.43. The van der Waals surface area contributed by atoms with Crippen molar-refractivity contribution in [2.45, 2.75) is 331 Å². The van der Waals surface area contributed by atoms with E-state index in [0.29, 0.717) is 56.3 Å². The van der Waals surface area contributed by atoms with Gasteiger partial charge in [-0.2, -0.15) is 0 Å². The first kappa shape index (κ1) is 67.4. The number of hydrogen-bond donors (Lipinski definition) is 0. The van der Waals surface area contributed by atoms with Crippen LogP contribution in [0.4, 0.5) is 0 Å². The van der Waals surface area contributed by atoms with E-state index >= 15 is 0 Å². The van der Waals surface area contributed by atoms with Gasteiger partial charge in [-0.3, -0.25) is 14.4 Å². The van der Waals surface area contributed by atoms with Crippen molar-refractivity contribution < 1.29 is 23.9 Å². The highest BCUT2D eigenvalue weighted by atomic mass is 16.5. The number of unbranched alkanes of at least 4 members (excludes halogenated alkanes) is 26. The third kappa shape index (κ3) is 43.7. The van der Waals surface area contributed by atoms with Gasteiger partial charge in [0, 0.05) is 31.8 Å². The number of hydrogen-bond acceptors (Lipinski definition) is 6. The Morgan fingerprint density at radius 2 is 0.652 bits per heavy atom. The summed E-state index contributed by atoms with van der Waals surface area (Å²) in [5.41, 5.74) is 0. The summed E-state index contributed by atoms with van der Waals surface area (Å²) < 4.78 is 11.6. The highest BCUT2D eigenvalue weighted by molar-refractivity contribution is 5.76. The van der Waals surface area contributed by atoms with Crippen LogP contribution in [0.15, 0.2) is 0 Å². The van der Waals surface area contributed by atoms with Gasteiger partial charge in [0.2, 0.25) is 5.91 Å². The van der Waals surface area contributed by atoms with Gasteiger partial charge in [0.15, 0.2) is 0 Å². The summed E-state index contributed by atoms with van der Waals surface area (Å²) >= 11 is 0. The summed E-state index contributed by atoms with van der Waals surface area (Å²) in [5, 5.41) is 0. The molecule has 0 heterocycles. The van der Waals surface area contributed by atoms with Gasteiger partial charge in [0.05, 0.1) is 13.2 Å². The molecular weight excluding hydrogens is 853 g/mol. The lowest BCUT2D eigenvalue weighted by atomic mass is 9.96. The Morgan fingerprint density at radius 3 is 1.07 bits per heavy atom. The first-order valence-corrected chi connectivity index (χ1v) is 31.1. The molecule has 410 valence electrons. The minimum atomic E-state index is -0.00299. The summed E-state index contributed by atoms with van der Waals surface area (Å²) in [7, 11) is 0. The van der Waals surface area contributed by atoms with Crippen LogP contribution in [0.1, 0.15) is 325 Å². The molecule has 0 aromatic rings. The van der Waals surface area contributed by atoms with E-state index in [1.54, 1.807) is 0 Å². The Morgan fingerprint density at radius 1 is 0.333 bits per heavy atom. The zero-order valence-electron chi connectivity index (χ0n) is 47.8. The predicted octanol–water partition coefficient (Wildman–Crippen LogP) is 18.7. The molecule has 0 fully saturated rings. The van der Waals surface area contributed by atoms with E-state index in [4.69, 9.17) is 9.47 Å². The van der Waals surface area contributed by atoms with Crippen LogP contribution in [-0.2, 0) is 23.9 Å². The monoisotopic (exact) mass is 975 g/mol. The topological polar surface area (TPSA) is 76.2 Å². The Kier molecular flexibility index (Phi) is 51.4. The summed E-state index contributed by atoms with van der Waals surface area (Å²) in [6.45, 7) is 21.1. The highest BCUT2D eigenvalue weighted by Gasteiger charge is 2.23. The Balaban J connectivity index is 5.21. The molecule has 7 heteroatoms. The molecule has 0 N–H and O–H groups in total. The van der Waals surface area contributed by atoms with E-state index in [0.717, 1.165) is 96.8 Å². The number of ether oxygens (including phenoxy) is 2. The SMILES string of the molecule is CCCCCCCCCCN(C(=O)CCCCN(CC)CC)C(CCCCCCCCC(=O)OCC(CCCC)CCCCCC)CCCCCCCCC(=O)OCC(CCCC)CCCCCC. The van der Waals surface area contributed by atoms with Crippen LogP contribution in [0, 0.1) is 11.8 Å². The standard InChI is InChI=1S/C62H122N2O5/c1-8-15-20-23-24-29-34-42-54-64(60(65)50-41-43-53-63(13-6)14-7)59(48-37-30-25-27-32-39-51-61(66)68-55-57(44-18-11-4)46-35-21-16-9-2)49-38-31-26-28-33-40-52-62(67)69-56-58(45-19-12-5)47-36-22-17-10-3/h57-59H,8-56H2,1-7H3. The quantitative estimate of drug-likeness (QED) is 0.0446. The average molecular weight is 976 g/mol. The van der Waals surface area contributed by atoms with Crippen LogP contribution in [0.2, 0.25) is 0 Å². The van der Waals surface area contributed by atoms with E-state index in [9.17, 15) is 14.4 Å². The van der Waals surface area contributed by atoms with Crippen molar-refractivity contribution in [3.63, 3.8) is 0 Å². The minimum absolute atomic E-state index is 0.00299. The fraction of sp³-hybridized carbons (Fsp3) is 0.952. The largest absolute Gasteiger partial charge is 0.465 e. The molecule has 0 spiro atoms. The maximum absolute atomic E-state index is 14.2. The van der Waals surface area contributed by atoms with Crippen LogP contribution in [0.25, 0.3) is 0 Å². The molecule has 0 radical (unpaired) electrons. The molecule has 0 saturated heterocycles. The van der Waals surface area contributed by atoms with E-state index in [2.05, 4.69) is 58.3 Å². The zero-order valence-corrected chi connectivity index (χ0v) is 47.8. The smallest absolute Gasteiger partial charge is 0.305 e. The van der Waals surface area contributed by atoms with Gasteiger partial charge >= 0.3 is 11.9 Å².